The zero-order valence-electron chi connectivity index (χ0n) is 22.8. The van der Waals surface area contributed by atoms with E-state index in [-0.39, 0.29) is 42.9 Å². The van der Waals surface area contributed by atoms with Crippen LogP contribution in [-0.2, 0) is 39.3 Å². The molecule has 6 rings (SSSR count). The van der Waals surface area contributed by atoms with Gasteiger partial charge in [-0.15, -0.1) is 0 Å². The summed E-state index contributed by atoms with van der Waals surface area (Å²) < 4.78 is 48.3. The number of rotatable bonds is 4. The summed E-state index contributed by atoms with van der Waals surface area (Å²) in [5.74, 6) is 0.526. The van der Waals surface area contributed by atoms with Crippen molar-refractivity contribution in [1.82, 2.24) is 0 Å². The van der Waals surface area contributed by atoms with Gasteiger partial charge in [0.2, 0.25) is 6.79 Å². The van der Waals surface area contributed by atoms with E-state index in [4.69, 9.17) is 37.6 Å². The van der Waals surface area contributed by atoms with Crippen LogP contribution in [0.25, 0.3) is 0 Å². The summed E-state index contributed by atoms with van der Waals surface area (Å²) in [5, 5.41) is 11.5. The van der Waals surface area contributed by atoms with E-state index in [2.05, 4.69) is 33.9 Å². The molecule has 10 nitrogen and oxygen atoms in total. The van der Waals surface area contributed by atoms with Gasteiger partial charge in [0.1, 0.15) is 24.4 Å². The fourth-order valence-electron chi connectivity index (χ4n) is 5.78. The Hall–Kier alpha value is -1.73. The maximum Gasteiger partial charge on any atom is 0.309 e. The topological polar surface area (TPSA) is 111 Å². The lowest BCUT2D eigenvalue weighted by Gasteiger charge is -2.51. The molecule has 11 heteroatoms. The zero-order valence-corrected chi connectivity index (χ0v) is 23.8. The largest absolute Gasteiger partial charge is 0.465 e. The van der Waals surface area contributed by atoms with Crippen LogP contribution in [0.2, 0.25) is 18.1 Å². The first-order valence-electron chi connectivity index (χ1n) is 13.5. The van der Waals surface area contributed by atoms with Gasteiger partial charge in [-0.25, -0.2) is 0 Å². The number of aliphatic hydroxyl groups is 1. The number of benzene rings is 1. The SMILES string of the molecule is CC1OCC2OC(OC3c4cc5c(cc4CC4C(=O)OCC43)OCO5)C(O[Si](C)(C)C(C)(C)C)C(O)C2O1. The van der Waals surface area contributed by atoms with Gasteiger partial charge >= 0.3 is 5.97 Å². The van der Waals surface area contributed by atoms with E-state index in [0.717, 1.165) is 11.1 Å². The second kappa shape index (κ2) is 9.43. The number of carbonyl (C=O) groups excluding carboxylic acids is 1. The Kier molecular flexibility index (Phi) is 6.57. The van der Waals surface area contributed by atoms with Crippen molar-refractivity contribution >= 4 is 14.3 Å². The molecule has 0 amide bonds. The van der Waals surface area contributed by atoms with Crippen molar-refractivity contribution < 1.29 is 47.5 Å². The van der Waals surface area contributed by atoms with Crippen LogP contribution in [0.3, 0.4) is 0 Å². The molecule has 0 radical (unpaired) electrons. The smallest absolute Gasteiger partial charge is 0.309 e. The Bertz CT molecular complexity index is 1090. The van der Waals surface area contributed by atoms with E-state index < -0.39 is 51.4 Å². The van der Waals surface area contributed by atoms with Crippen LogP contribution in [0.5, 0.6) is 11.5 Å². The summed E-state index contributed by atoms with van der Waals surface area (Å²) in [7, 11) is -2.36. The molecule has 5 aliphatic rings. The second-order valence-corrected chi connectivity index (χ2v) is 17.2. The molecule has 3 saturated heterocycles. The highest BCUT2D eigenvalue weighted by Crippen LogP contribution is 2.50. The predicted molar refractivity (Wildman–Crippen MR) is 135 cm³/mol. The van der Waals surface area contributed by atoms with Crippen molar-refractivity contribution in [2.75, 3.05) is 20.0 Å². The zero-order chi connectivity index (χ0) is 27.0. The van der Waals surface area contributed by atoms with Gasteiger partial charge in [-0.1, -0.05) is 20.8 Å². The van der Waals surface area contributed by atoms with E-state index in [1.54, 1.807) is 6.92 Å². The van der Waals surface area contributed by atoms with E-state index in [1.807, 2.05) is 12.1 Å². The molecule has 0 aromatic heterocycles. The molecular weight excluding hydrogens is 512 g/mol. The number of fused-ring (bicyclic) bond motifs is 4. The summed E-state index contributed by atoms with van der Waals surface area (Å²) >= 11 is 0. The number of aliphatic hydroxyl groups excluding tert-OH is 1. The highest BCUT2D eigenvalue weighted by molar-refractivity contribution is 6.74. The molecule has 3 fully saturated rings. The maximum atomic E-state index is 12.7. The minimum atomic E-state index is -2.36. The average Bonchev–Trinajstić information content (AvgIpc) is 3.46. The van der Waals surface area contributed by atoms with Crippen molar-refractivity contribution in [3.8, 4) is 11.5 Å². The molecule has 4 aliphatic heterocycles. The van der Waals surface area contributed by atoms with Crippen LogP contribution in [0, 0.1) is 11.8 Å². The van der Waals surface area contributed by atoms with Crippen LogP contribution < -0.4 is 9.47 Å². The van der Waals surface area contributed by atoms with Crippen molar-refractivity contribution in [2.45, 2.75) is 95.3 Å². The van der Waals surface area contributed by atoms with Gasteiger partial charge in [0, 0.05) is 5.92 Å². The average molecular weight is 551 g/mol. The van der Waals surface area contributed by atoms with Crippen molar-refractivity contribution in [3.63, 3.8) is 0 Å². The lowest BCUT2D eigenvalue weighted by atomic mass is 9.75. The number of hydrogen-bond donors (Lipinski definition) is 1. The normalized spacial score (nSPS) is 38.3. The Morgan fingerprint density at radius 2 is 1.79 bits per heavy atom. The predicted octanol–water partition coefficient (Wildman–Crippen LogP) is 3.06. The van der Waals surface area contributed by atoms with E-state index in [0.29, 0.717) is 17.9 Å². The first-order valence-corrected chi connectivity index (χ1v) is 16.4. The third kappa shape index (κ3) is 4.45. The van der Waals surface area contributed by atoms with Gasteiger partial charge in [-0.3, -0.25) is 4.79 Å². The van der Waals surface area contributed by atoms with Gasteiger partial charge in [0.05, 0.1) is 25.2 Å². The molecule has 0 spiro atoms. The molecule has 38 heavy (non-hydrogen) atoms. The summed E-state index contributed by atoms with van der Waals surface area (Å²) in [6.45, 7) is 13.2. The molecule has 1 aliphatic carbocycles. The van der Waals surface area contributed by atoms with Crippen LogP contribution in [0.4, 0.5) is 0 Å². The van der Waals surface area contributed by atoms with Gasteiger partial charge < -0.3 is 42.7 Å². The molecule has 1 aromatic carbocycles. The standard InChI is InChI=1S/C27H38O10Si/c1-13-30-11-20-23(34-13)21(28)24(37-38(5,6)27(2,3)4)26(35-20)36-22-15-9-19-18(32-12-33-19)8-14(15)7-16-17(22)10-31-25(16)29/h8-9,13,16-17,20-24,26,28H,7,10-12H2,1-6H3. The van der Waals surface area contributed by atoms with Gasteiger partial charge in [-0.2, -0.15) is 0 Å². The van der Waals surface area contributed by atoms with Gasteiger partial charge in [-0.05, 0) is 54.7 Å². The molecule has 1 N–H and O–H groups in total. The fraction of sp³-hybridized carbons (Fsp3) is 0.741. The number of esters is 1. The lowest BCUT2D eigenvalue weighted by molar-refractivity contribution is -0.362. The number of carbonyl (C=O) groups is 1. The summed E-state index contributed by atoms with van der Waals surface area (Å²) in [6.07, 6.45) is -4.29. The maximum absolute atomic E-state index is 12.7. The molecule has 1 aromatic rings. The fourth-order valence-corrected chi connectivity index (χ4v) is 7.06. The Morgan fingerprint density at radius 1 is 1.05 bits per heavy atom. The van der Waals surface area contributed by atoms with E-state index >= 15 is 0 Å². The summed E-state index contributed by atoms with van der Waals surface area (Å²) in [5.41, 5.74) is 1.86. The van der Waals surface area contributed by atoms with E-state index in [9.17, 15) is 9.90 Å². The molecule has 210 valence electrons. The molecule has 9 atom stereocenters. The van der Waals surface area contributed by atoms with Gasteiger partial charge in [0.15, 0.2) is 32.4 Å². The highest BCUT2D eigenvalue weighted by Gasteiger charge is 2.55. The Balaban J connectivity index is 1.36. The number of ether oxygens (including phenoxy) is 7. The van der Waals surface area contributed by atoms with E-state index in [1.165, 1.54) is 0 Å². The first-order chi connectivity index (χ1) is 17.9. The summed E-state index contributed by atoms with van der Waals surface area (Å²) in [6, 6.07) is 3.86. The first kappa shape index (κ1) is 26.5. The molecule has 4 heterocycles. The van der Waals surface area contributed by atoms with Crippen molar-refractivity contribution in [2.24, 2.45) is 11.8 Å². The third-order valence-corrected chi connectivity index (χ3v) is 13.5. The molecule has 0 saturated carbocycles. The number of cyclic esters (lactones) is 1. The highest BCUT2D eigenvalue weighted by atomic mass is 28.4. The van der Waals surface area contributed by atoms with Gasteiger partial charge in [0.25, 0.3) is 0 Å². The van der Waals surface area contributed by atoms with Crippen LogP contribution in [0.15, 0.2) is 12.1 Å². The quantitative estimate of drug-likeness (QED) is 0.444. The second-order valence-electron chi connectivity index (χ2n) is 12.4. The number of hydrogen-bond acceptors (Lipinski definition) is 10. The Labute approximate surface area is 223 Å². The monoisotopic (exact) mass is 550 g/mol. The van der Waals surface area contributed by atoms with Crippen LogP contribution >= 0.6 is 0 Å². The summed E-state index contributed by atoms with van der Waals surface area (Å²) in [4.78, 5) is 12.7. The molecule has 9 unspecified atom stereocenters. The molecule has 0 bridgehead atoms. The van der Waals surface area contributed by atoms with Crippen molar-refractivity contribution in [3.05, 3.63) is 23.3 Å². The Morgan fingerprint density at radius 3 is 2.53 bits per heavy atom. The molecular formula is C27H38O10Si. The minimum absolute atomic E-state index is 0.107. The third-order valence-electron chi connectivity index (χ3n) is 8.99. The van der Waals surface area contributed by atoms with Crippen LogP contribution in [-0.4, -0.2) is 76.4 Å². The van der Waals surface area contributed by atoms with Crippen LogP contribution in [0.1, 0.15) is 44.9 Å². The van der Waals surface area contributed by atoms with Crippen molar-refractivity contribution in [1.29, 1.82) is 0 Å². The lowest BCUT2D eigenvalue weighted by Crippen LogP contribution is -2.66. The minimum Gasteiger partial charge on any atom is -0.465 e.